The zero-order valence-corrected chi connectivity index (χ0v) is 34.8. The number of methoxy groups -OCH3 is 3. The zero-order chi connectivity index (χ0) is 39.2. The van der Waals surface area contributed by atoms with Crippen molar-refractivity contribution in [3.8, 4) is 17.2 Å². The van der Waals surface area contributed by atoms with Crippen molar-refractivity contribution in [3.05, 3.63) is 87.4 Å². The van der Waals surface area contributed by atoms with E-state index in [0.717, 1.165) is 63.2 Å². The first kappa shape index (κ1) is 43.4. The van der Waals surface area contributed by atoms with E-state index in [4.69, 9.17) is 42.5 Å². The summed E-state index contributed by atoms with van der Waals surface area (Å²) < 4.78 is 16.6. The molecule has 0 spiro atoms. The van der Waals surface area contributed by atoms with E-state index in [2.05, 4.69) is 21.9 Å². The van der Waals surface area contributed by atoms with E-state index in [1.54, 1.807) is 12.1 Å². The molecule has 0 unspecified atom stereocenters. The van der Waals surface area contributed by atoms with Crippen molar-refractivity contribution in [1.29, 1.82) is 0 Å². The number of piperidine rings is 1. The maximum Gasteiger partial charge on any atom is 0.303 e. The normalized spacial score (nSPS) is 19.9. The summed E-state index contributed by atoms with van der Waals surface area (Å²) in [5, 5.41) is 10.0. The fourth-order valence-electron chi connectivity index (χ4n) is 8.69. The molecule has 0 bridgehead atoms. The number of ether oxygens (including phenoxy) is 3. The van der Waals surface area contributed by atoms with Crippen LogP contribution in [0.15, 0.2) is 60.7 Å². The summed E-state index contributed by atoms with van der Waals surface area (Å²) >= 11 is 13.0. The number of carboxylic acids is 1. The molecule has 3 fully saturated rings. The number of likely N-dealkylation sites (tertiary alicyclic amines) is 2. The third-order valence-corrected chi connectivity index (χ3v) is 12.7. The zero-order valence-electron chi connectivity index (χ0n) is 32.4. The van der Waals surface area contributed by atoms with Gasteiger partial charge in [0.15, 0.2) is 11.5 Å². The van der Waals surface area contributed by atoms with Crippen LogP contribution in [0.3, 0.4) is 0 Å². The van der Waals surface area contributed by atoms with Gasteiger partial charge >= 0.3 is 5.97 Å². The molecule has 0 radical (unpaired) electrons. The predicted octanol–water partition coefficient (Wildman–Crippen LogP) is 6.66. The van der Waals surface area contributed by atoms with Gasteiger partial charge in [-0.2, -0.15) is 0 Å². The quantitative estimate of drug-likeness (QED) is 0.191. The fraction of sp³-hybridized carbons (Fsp3) is 0.500. The van der Waals surface area contributed by atoms with E-state index in [1.807, 2.05) is 46.2 Å². The minimum atomic E-state index is -0.776. The van der Waals surface area contributed by atoms with Gasteiger partial charge in [-0.3, -0.25) is 19.3 Å². The van der Waals surface area contributed by atoms with Crippen LogP contribution < -0.4 is 14.2 Å². The Morgan fingerprint density at radius 2 is 1.36 bits per heavy atom. The number of piperazine rings is 1. The smallest absolute Gasteiger partial charge is 0.303 e. The maximum atomic E-state index is 14.5. The van der Waals surface area contributed by atoms with Gasteiger partial charge in [0.2, 0.25) is 11.7 Å². The van der Waals surface area contributed by atoms with Crippen LogP contribution in [-0.4, -0.2) is 129 Å². The van der Waals surface area contributed by atoms with Crippen molar-refractivity contribution in [1.82, 2.24) is 19.6 Å². The highest BCUT2D eigenvalue weighted by molar-refractivity contribution is 6.42. The van der Waals surface area contributed by atoms with Crippen molar-refractivity contribution < 1.29 is 33.7 Å². The third-order valence-electron chi connectivity index (χ3n) is 12.0. The monoisotopic (exact) mass is 830 g/mol. The second kappa shape index (κ2) is 19.1. The Hall–Kier alpha value is -3.74. The lowest BCUT2D eigenvalue weighted by atomic mass is 9.71. The molecule has 1 atom stereocenters. The number of carbonyl (C=O) groups is 3. The number of nitrogens with zero attached hydrogens (tertiary/aromatic N) is 4. The van der Waals surface area contributed by atoms with E-state index in [0.29, 0.717) is 78.3 Å². The number of carboxylic acid groups (broad SMARTS) is 1. The molecule has 3 aliphatic rings. The molecule has 0 aliphatic carbocycles. The van der Waals surface area contributed by atoms with Crippen LogP contribution in [0.5, 0.6) is 17.2 Å². The topological polar surface area (TPSA) is 112 Å². The van der Waals surface area contributed by atoms with Crippen LogP contribution in [0.1, 0.15) is 60.0 Å². The minimum Gasteiger partial charge on any atom is -0.493 e. The van der Waals surface area contributed by atoms with Crippen molar-refractivity contribution in [2.24, 2.45) is 0 Å². The van der Waals surface area contributed by atoms with Crippen molar-refractivity contribution in [2.45, 2.75) is 49.4 Å². The molecule has 3 aromatic rings. The summed E-state index contributed by atoms with van der Waals surface area (Å²) in [6.45, 7) is 6.90. The first-order valence-corrected chi connectivity index (χ1v) is 19.8. The Morgan fingerprint density at radius 3 is 1.95 bits per heavy atom. The number of halogens is 3. The molecule has 2 amide bonds. The lowest BCUT2D eigenvalue weighted by molar-refractivity contribution is -0.141. The van der Waals surface area contributed by atoms with Crippen LogP contribution in [0.2, 0.25) is 10.0 Å². The van der Waals surface area contributed by atoms with Gasteiger partial charge in [-0.1, -0.05) is 59.6 Å². The summed E-state index contributed by atoms with van der Waals surface area (Å²) in [5.41, 5.74) is 1.60. The lowest BCUT2D eigenvalue weighted by Gasteiger charge is -2.46. The first-order chi connectivity index (χ1) is 26.5. The molecule has 0 aromatic heterocycles. The summed E-state index contributed by atoms with van der Waals surface area (Å²) in [4.78, 5) is 48.2. The third kappa shape index (κ3) is 9.34. The van der Waals surface area contributed by atoms with Gasteiger partial charge in [0.05, 0.1) is 36.8 Å². The summed E-state index contributed by atoms with van der Waals surface area (Å²) in [5.74, 6) is 0.567. The molecule has 6 rings (SSSR count). The van der Waals surface area contributed by atoms with Crippen LogP contribution >= 0.6 is 35.6 Å². The van der Waals surface area contributed by atoms with E-state index < -0.39 is 11.4 Å². The first-order valence-electron chi connectivity index (χ1n) is 19.1. The molecule has 14 heteroatoms. The maximum absolute atomic E-state index is 14.5. The molecule has 11 nitrogen and oxygen atoms in total. The molecule has 3 aliphatic heterocycles. The van der Waals surface area contributed by atoms with Gasteiger partial charge in [0.1, 0.15) is 0 Å². The van der Waals surface area contributed by atoms with E-state index in [-0.39, 0.29) is 36.1 Å². The van der Waals surface area contributed by atoms with Crippen LogP contribution in [0.4, 0.5) is 0 Å². The SMILES string of the molecule is COc1cc(C(=O)N2CC[C@](CCN3CCC(C(=O)N4CCN(CCCC(=O)O)CC4)(c4ccccc4)CC3)(c3ccc(Cl)c(Cl)c3)C2)cc(OC)c1OC.Cl. The Bertz CT molecular complexity index is 1810. The molecular weight excluding hydrogens is 779 g/mol. The average molecular weight is 832 g/mol. The second-order valence-corrected chi connectivity index (χ2v) is 15.8. The van der Waals surface area contributed by atoms with Crippen LogP contribution in [0, 0.1) is 0 Å². The minimum absolute atomic E-state index is 0. The number of aliphatic carboxylic acids is 1. The molecule has 3 saturated heterocycles. The standard InChI is InChI=1S/C42H52Cl2N4O7.ClH/c1-53-35-26-30(27-36(54-2)38(35)55-3)39(51)48-21-14-41(29-48,32-11-12-33(43)34(44)28-32)13-18-46-19-15-42(16-20-46,31-8-5-4-6-9-31)40(52)47-24-22-45(23-25-47)17-7-10-37(49)50;/h4-6,8-9,11-12,26-28H,7,10,13-25,29H2,1-3H3,(H,49,50);1H/t41-;/m0./s1. The number of carbonyl (C=O) groups excluding carboxylic acids is 2. The highest BCUT2D eigenvalue weighted by Gasteiger charge is 2.47. The molecule has 1 N–H and O–H groups in total. The van der Waals surface area contributed by atoms with Crippen LogP contribution in [0.25, 0.3) is 0 Å². The van der Waals surface area contributed by atoms with Crippen molar-refractivity contribution in [2.75, 3.05) is 86.8 Å². The average Bonchev–Trinajstić information content (AvgIpc) is 3.66. The Morgan fingerprint density at radius 1 is 0.714 bits per heavy atom. The van der Waals surface area contributed by atoms with Gasteiger partial charge in [0, 0.05) is 56.7 Å². The number of hydrogen-bond acceptors (Lipinski definition) is 8. The molecule has 56 heavy (non-hydrogen) atoms. The lowest BCUT2D eigenvalue weighted by Crippen LogP contribution is -2.57. The Kier molecular flexibility index (Phi) is 14.8. The van der Waals surface area contributed by atoms with E-state index in [1.165, 1.54) is 21.3 Å². The predicted molar refractivity (Wildman–Crippen MR) is 220 cm³/mol. The number of rotatable bonds is 14. The molecular formula is C42H53Cl3N4O7. The fourth-order valence-corrected chi connectivity index (χ4v) is 8.99. The summed E-state index contributed by atoms with van der Waals surface area (Å²) in [6.07, 6.45) is 3.73. The summed E-state index contributed by atoms with van der Waals surface area (Å²) in [6, 6.07) is 19.4. The number of hydrogen-bond donors (Lipinski definition) is 1. The van der Waals surface area contributed by atoms with E-state index >= 15 is 0 Å². The number of amides is 2. The molecule has 3 heterocycles. The summed E-state index contributed by atoms with van der Waals surface area (Å²) in [7, 11) is 4.60. The Balaban J connectivity index is 0.00000600. The molecule has 3 aromatic carbocycles. The van der Waals surface area contributed by atoms with Gasteiger partial charge in [-0.15, -0.1) is 12.4 Å². The van der Waals surface area contributed by atoms with Gasteiger partial charge in [-0.25, -0.2) is 0 Å². The highest BCUT2D eigenvalue weighted by Crippen LogP contribution is 2.44. The second-order valence-electron chi connectivity index (χ2n) is 15.0. The Labute approximate surface area is 346 Å². The molecule has 0 saturated carbocycles. The van der Waals surface area contributed by atoms with Gasteiger partial charge in [-0.05, 0) is 93.7 Å². The van der Waals surface area contributed by atoms with Crippen LogP contribution in [-0.2, 0) is 20.4 Å². The highest BCUT2D eigenvalue weighted by atomic mass is 35.5. The number of benzene rings is 3. The van der Waals surface area contributed by atoms with Gasteiger partial charge in [0.25, 0.3) is 5.91 Å². The van der Waals surface area contributed by atoms with Crippen molar-refractivity contribution in [3.63, 3.8) is 0 Å². The van der Waals surface area contributed by atoms with Crippen molar-refractivity contribution >= 4 is 53.4 Å². The van der Waals surface area contributed by atoms with E-state index in [9.17, 15) is 14.4 Å². The molecule has 304 valence electrons. The largest absolute Gasteiger partial charge is 0.493 e. The van der Waals surface area contributed by atoms with Gasteiger partial charge < -0.3 is 34.0 Å².